The highest BCUT2D eigenvalue weighted by atomic mass is 35.5. The van der Waals surface area contributed by atoms with E-state index in [-0.39, 0.29) is 24.5 Å². The Morgan fingerprint density at radius 1 is 1.13 bits per heavy atom. The van der Waals surface area contributed by atoms with Crippen LogP contribution in [0.3, 0.4) is 0 Å². The molecule has 2 amide bonds. The second-order valence-electron chi connectivity index (χ2n) is 8.59. The zero-order valence-electron chi connectivity index (χ0n) is 17.4. The number of carbonyl (C=O) groups excluding carboxylic acids is 2. The van der Waals surface area contributed by atoms with Gasteiger partial charge in [0, 0.05) is 18.1 Å². The highest BCUT2D eigenvalue weighted by Gasteiger charge is 2.52. The summed E-state index contributed by atoms with van der Waals surface area (Å²) < 4.78 is 5.95. The summed E-state index contributed by atoms with van der Waals surface area (Å²) in [5, 5.41) is 3.73. The monoisotopic (exact) mass is 439 g/mol. The Hall–Kier alpha value is -2.41. The molecule has 0 radical (unpaired) electrons. The maximum absolute atomic E-state index is 13.7. The number of nitrogens with zero attached hydrogens (tertiary/aromatic N) is 2. The van der Waals surface area contributed by atoms with Gasteiger partial charge in [-0.1, -0.05) is 48.7 Å². The minimum Gasteiger partial charge on any atom is -0.371 e. The van der Waals surface area contributed by atoms with Gasteiger partial charge in [-0.25, -0.2) is 0 Å². The highest BCUT2D eigenvalue weighted by molar-refractivity contribution is 6.30. The van der Waals surface area contributed by atoms with Crippen LogP contribution < -0.4 is 10.2 Å². The van der Waals surface area contributed by atoms with E-state index in [0.717, 1.165) is 24.1 Å². The number of ether oxygens (including phenoxy) is 1. The van der Waals surface area contributed by atoms with Gasteiger partial charge in [0.1, 0.15) is 5.54 Å². The molecule has 2 heterocycles. The van der Waals surface area contributed by atoms with Crippen LogP contribution in [0.5, 0.6) is 0 Å². The van der Waals surface area contributed by atoms with Crippen LogP contribution in [0.4, 0.5) is 11.4 Å². The molecule has 1 spiro atoms. The Bertz CT molecular complexity index is 988. The molecule has 1 unspecified atom stereocenters. The fourth-order valence-electron chi connectivity index (χ4n) is 5.12. The van der Waals surface area contributed by atoms with Crippen LogP contribution in [0.15, 0.2) is 48.5 Å². The number of fused-ring (bicyclic) bond motifs is 1. The third-order valence-electron chi connectivity index (χ3n) is 6.68. The summed E-state index contributed by atoms with van der Waals surface area (Å²) in [4.78, 5) is 30.7. The number of morpholine rings is 1. The Balaban J connectivity index is 1.38. The van der Waals surface area contributed by atoms with E-state index >= 15 is 0 Å². The van der Waals surface area contributed by atoms with Gasteiger partial charge in [-0.05, 0) is 42.7 Å². The first kappa shape index (κ1) is 20.5. The number of rotatable bonds is 3. The number of benzene rings is 2. The van der Waals surface area contributed by atoms with Crippen LogP contribution in [0.2, 0.25) is 5.02 Å². The van der Waals surface area contributed by atoms with Crippen molar-refractivity contribution >= 4 is 34.8 Å². The van der Waals surface area contributed by atoms with Crippen molar-refractivity contribution in [2.24, 2.45) is 0 Å². The van der Waals surface area contributed by atoms with Crippen LogP contribution in [-0.4, -0.2) is 48.5 Å². The number of halogens is 1. The van der Waals surface area contributed by atoms with E-state index in [4.69, 9.17) is 16.3 Å². The van der Waals surface area contributed by atoms with Crippen LogP contribution in [-0.2, 0) is 14.3 Å². The molecule has 1 aliphatic carbocycles. The van der Waals surface area contributed by atoms with Gasteiger partial charge >= 0.3 is 0 Å². The van der Waals surface area contributed by atoms with Crippen molar-refractivity contribution in [1.29, 1.82) is 0 Å². The van der Waals surface area contributed by atoms with E-state index in [1.165, 1.54) is 0 Å². The van der Waals surface area contributed by atoms with E-state index in [2.05, 4.69) is 10.2 Å². The summed E-state index contributed by atoms with van der Waals surface area (Å²) in [5.74, 6) is -0.0842. The third-order valence-corrected chi connectivity index (χ3v) is 6.93. The molecule has 31 heavy (non-hydrogen) atoms. The van der Waals surface area contributed by atoms with Gasteiger partial charge in [-0.15, -0.1) is 0 Å². The molecule has 162 valence electrons. The molecule has 6 nitrogen and oxygen atoms in total. The van der Waals surface area contributed by atoms with Gasteiger partial charge in [0.15, 0.2) is 0 Å². The number of carbonyl (C=O) groups is 2. The second-order valence-corrected chi connectivity index (χ2v) is 9.02. The molecule has 0 bridgehead atoms. The first-order chi connectivity index (χ1) is 15.1. The molecule has 7 heteroatoms. The van der Waals surface area contributed by atoms with Gasteiger partial charge < -0.3 is 10.1 Å². The van der Waals surface area contributed by atoms with Crippen molar-refractivity contribution in [2.45, 2.75) is 37.3 Å². The highest BCUT2D eigenvalue weighted by Crippen LogP contribution is 2.45. The Kier molecular flexibility index (Phi) is 5.46. The molecule has 1 N–H and O–H groups in total. The standard InChI is InChI=1S/C24H26ClN3O3/c25-18-9-7-17(8-10-18)21-15-27(13-14-31-21)16-22(29)28-20-6-2-1-5-19(20)26-23(30)24(28)11-3-4-12-24/h1-2,5-10,21H,3-4,11-16H2,(H,26,30). The number of nitrogens with one attached hydrogen (secondary N) is 1. The molecule has 1 atom stereocenters. The molecule has 2 aromatic carbocycles. The number of hydrogen-bond acceptors (Lipinski definition) is 4. The van der Waals surface area contributed by atoms with Crippen molar-refractivity contribution in [3.8, 4) is 0 Å². The summed E-state index contributed by atoms with van der Waals surface area (Å²) in [7, 11) is 0. The lowest BCUT2D eigenvalue weighted by molar-refractivity contribution is -0.129. The lowest BCUT2D eigenvalue weighted by atomic mass is 9.89. The van der Waals surface area contributed by atoms with Crippen molar-refractivity contribution in [2.75, 3.05) is 36.5 Å². The second kappa shape index (κ2) is 8.26. The molecule has 3 aliphatic rings. The topological polar surface area (TPSA) is 61.9 Å². The quantitative estimate of drug-likeness (QED) is 0.784. The lowest BCUT2D eigenvalue weighted by Crippen LogP contribution is -2.62. The minimum absolute atomic E-state index is 0.0269. The molecule has 1 saturated carbocycles. The van der Waals surface area contributed by atoms with Crippen molar-refractivity contribution in [3.05, 3.63) is 59.1 Å². The van der Waals surface area contributed by atoms with E-state index in [1.807, 2.05) is 48.5 Å². The molecular weight excluding hydrogens is 414 g/mol. The number of amides is 2. The zero-order valence-corrected chi connectivity index (χ0v) is 18.1. The fraction of sp³-hybridized carbons (Fsp3) is 0.417. The average molecular weight is 440 g/mol. The SMILES string of the molecule is O=C(CN1CCOC(c2ccc(Cl)cc2)C1)N1c2ccccc2NC(=O)C12CCCC2. The maximum Gasteiger partial charge on any atom is 0.250 e. The smallest absolute Gasteiger partial charge is 0.250 e. The minimum atomic E-state index is -0.771. The van der Waals surface area contributed by atoms with Crippen LogP contribution >= 0.6 is 11.6 Å². The van der Waals surface area contributed by atoms with Crippen LogP contribution in [0, 0.1) is 0 Å². The molecule has 2 fully saturated rings. The first-order valence-electron chi connectivity index (χ1n) is 10.9. The average Bonchev–Trinajstić information content (AvgIpc) is 3.26. The first-order valence-corrected chi connectivity index (χ1v) is 11.3. The maximum atomic E-state index is 13.7. The van der Waals surface area contributed by atoms with Crippen molar-refractivity contribution < 1.29 is 14.3 Å². The molecule has 0 aromatic heterocycles. The van der Waals surface area contributed by atoms with Crippen molar-refractivity contribution in [1.82, 2.24) is 4.90 Å². The normalized spacial score (nSPS) is 22.9. The largest absolute Gasteiger partial charge is 0.371 e. The molecule has 2 aliphatic heterocycles. The fourth-order valence-corrected chi connectivity index (χ4v) is 5.24. The van der Waals surface area contributed by atoms with Crippen LogP contribution in [0.1, 0.15) is 37.4 Å². The van der Waals surface area contributed by atoms with Crippen LogP contribution in [0.25, 0.3) is 0 Å². The summed E-state index contributed by atoms with van der Waals surface area (Å²) in [5.41, 5.74) is 1.79. The third kappa shape index (κ3) is 3.73. The number of anilines is 2. The Labute approximate surface area is 187 Å². The number of para-hydroxylation sites is 2. The van der Waals surface area contributed by atoms with E-state index in [1.54, 1.807) is 4.90 Å². The number of hydrogen-bond donors (Lipinski definition) is 1. The summed E-state index contributed by atoms with van der Waals surface area (Å²) in [6, 6.07) is 15.3. The summed E-state index contributed by atoms with van der Waals surface area (Å²) in [6.45, 7) is 2.13. The lowest BCUT2D eigenvalue weighted by Gasteiger charge is -2.45. The Morgan fingerprint density at radius 2 is 1.87 bits per heavy atom. The molecule has 1 saturated heterocycles. The predicted molar refractivity (Wildman–Crippen MR) is 120 cm³/mol. The van der Waals surface area contributed by atoms with E-state index in [0.29, 0.717) is 43.2 Å². The molecule has 5 rings (SSSR count). The van der Waals surface area contributed by atoms with E-state index < -0.39 is 5.54 Å². The molecule has 2 aromatic rings. The predicted octanol–water partition coefficient (Wildman–Crippen LogP) is 4.01. The van der Waals surface area contributed by atoms with Crippen molar-refractivity contribution in [3.63, 3.8) is 0 Å². The van der Waals surface area contributed by atoms with Gasteiger partial charge in [-0.2, -0.15) is 0 Å². The van der Waals surface area contributed by atoms with Gasteiger partial charge in [-0.3, -0.25) is 19.4 Å². The van der Waals surface area contributed by atoms with Gasteiger partial charge in [0.25, 0.3) is 5.91 Å². The molecular formula is C24H26ClN3O3. The zero-order chi connectivity index (χ0) is 21.4. The Morgan fingerprint density at radius 3 is 2.65 bits per heavy atom. The van der Waals surface area contributed by atoms with E-state index in [9.17, 15) is 9.59 Å². The summed E-state index contributed by atoms with van der Waals surface area (Å²) >= 11 is 6.01. The van der Waals surface area contributed by atoms with Gasteiger partial charge in [0.2, 0.25) is 5.91 Å². The van der Waals surface area contributed by atoms with Gasteiger partial charge in [0.05, 0.1) is 30.6 Å². The summed E-state index contributed by atoms with van der Waals surface area (Å²) in [6.07, 6.45) is 3.21.